The van der Waals surface area contributed by atoms with E-state index in [0.717, 1.165) is 0 Å². The van der Waals surface area contributed by atoms with Gasteiger partial charge in [0, 0.05) is 0 Å². The Morgan fingerprint density at radius 1 is 0.579 bits per heavy atom. The van der Waals surface area contributed by atoms with Crippen LogP contribution in [-0.4, -0.2) is 62.8 Å². The molecule has 0 bridgehead atoms. The fourth-order valence-corrected chi connectivity index (χ4v) is 2.76. The molecule has 0 atom stereocenters. The van der Waals surface area contributed by atoms with Gasteiger partial charge in [-0.15, -0.1) is 0 Å². The quantitative estimate of drug-likeness (QED) is 0.166. The van der Waals surface area contributed by atoms with Gasteiger partial charge in [0.05, 0.1) is 11.6 Å². The molecule has 38 heavy (non-hydrogen) atoms. The first-order chi connectivity index (χ1) is 15.8. The van der Waals surface area contributed by atoms with E-state index >= 15 is 0 Å². The van der Waals surface area contributed by atoms with Crippen LogP contribution in [0.4, 0.5) is 52.7 Å². The molecule has 0 spiro atoms. The standard InChI is InChI=1S/2C5H2F6N3O3S.K.Na/c2*6-4(7,8)1-17-18(15,16)3-12-2(13-14-3)5(9,10)11;;/h2*1H2;;/q2*-1;2*+1. The molecular weight excluding hydrogens is 654 g/mol. The molecule has 0 aliphatic carbocycles. The summed E-state index contributed by atoms with van der Waals surface area (Å²) in [6.45, 7) is -4.41. The van der Waals surface area contributed by atoms with Crippen LogP contribution in [0, 0.1) is 0 Å². The summed E-state index contributed by atoms with van der Waals surface area (Å²) in [5.41, 5.74) is 0. The van der Waals surface area contributed by atoms with Crippen molar-refractivity contribution in [3.63, 3.8) is 0 Å². The smallest absolute Gasteiger partial charge is 0.344 e. The number of halogens is 12. The monoisotopic (exact) mass is 658 g/mol. The van der Waals surface area contributed by atoms with Gasteiger partial charge in [0.1, 0.15) is 10.3 Å². The SMILES string of the molecule is O=S(=O)(OCC(F)(F)F)c1nnc(C(F)(F)F)[n-]1.O=S(=O)(OCC(F)(F)F)c1nnc(C(F)(F)F)[n-]1.[K+].[Na+]. The maximum absolute atomic E-state index is 12.0. The molecule has 0 saturated heterocycles. The van der Waals surface area contributed by atoms with E-state index < -0.39 is 80.1 Å². The molecule has 12 nitrogen and oxygen atoms in total. The van der Waals surface area contributed by atoms with Crippen molar-refractivity contribution in [1.29, 1.82) is 0 Å². The van der Waals surface area contributed by atoms with E-state index in [2.05, 4.69) is 38.7 Å². The largest absolute Gasteiger partial charge is 1.00 e. The molecule has 2 aromatic rings. The van der Waals surface area contributed by atoms with Crippen LogP contribution >= 0.6 is 0 Å². The zero-order chi connectivity index (χ0) is 28.4. The van der Waals surface area contributed by atoms with Gasteiger partial charge >= 0.3 is 126 Å². The maximum Gasteiger partial charge on any atom is 1.00 e. The van der Waals surface area contributed by atoms with Crippen molar-refractivity contribution in [2.75, 3.05) is 13.2 Å². The predicted octanol–water partition coefficient (Wildman–Crippen LogP) is -4.55. The van der Waals surface area contributed by atoms with Crippen LogP contribution in [0.15, 0.2) is 10.3 Å². The van der Waals surface area contributed by atoms with E-state index in [9.17, 15) is 69.5 Å². The first-order valence-electron chi connectivity index (χ1n) is 7.65. The van der Waals surface area contributed by atoms with Crippen LogP contribution in [0.3, 0.4) is 0 Å². The average Bonchev–Trinajstić information content (AvgIpc) is 3.34. The molecule has 0 amide bonds. The normalized spacial score (nSPS) is 13.2. The van der Waals surface area contributed by atoms with Crippen LogP contribution in [-0.2, 0) is 41.0 Å². The number of hydrogen-bond donors (Lipinski definition) is 0. The van der Waals surface area contributed by atoms with Crippen molar-refractivity contribution in [3.05, 3.63) is 11.6 Å². The third kappa shape index (κ3) is 14.0. The van der Waals surface area contributed by atoms with Gasteiger partial charge in [0.15, 0.2) is 13.2 Å². The predicted molar refractivity (Wildman–Crippen MR) is 79.1 cm³/mol. The Bertz CT molecular complexity index is 1140. The minimum atomic E-state index is -5.14. The van der Waals surface area contributed by atoms with E-state index in [-0.39, 0.29) is 80.9 Å². The third-order valence-electron chi connectivity index (χ3n) is 2.57. The second-order valence-corrected chi connectivity index (χ2v) is 8.51. The van der Waals surface area contributed by atoms with Crippen LogP contribution in [0.25, 0.3) is 0 Å². The molecule has 2 rings (SSSR count). The van der Waals surface area contributed by atoms with Crippen molar-refractivity contribution in [2.24, 2.45) is 0 Å². The van der Waals surface area contributed by atoms with Crippen molar-refractivity contribution in [2.45, 2.75) is 35.0 Å². The zero-order valence-corrected chi connectivity index (χ0v) is 24.7. The van der Waals surface area contributed by atoms with Crippen molar-refractivity contribution in [3.8, 4) is 0 Å². The van der Waals surface area contributed by atoms with Gasteiger partial charge in [-0.1, -0.05) is 0 Å². The molecule has 208 valence electrons. The maximum atomic E-state index is 12.0. The number of rotatable bonds is 6. The Labute approximate surface area is 266 Å². The fourth-order valence-electron chi connectivity index (χ4n) is 1.30. The number of aromatic nitrogens is 6. The van der Waals surface area contributed by atoms with Crippen molar-refractivity contribution < 1.29 is 159 Å². The van der Waals surface area contributed by atoms with E-state index in [0.29, 0.717) is 0 Å². The summed E-state index contributed by atoms with van der Waals surface area (Å²) in [5, 5.41) is 6.56. The first-order valence-corrected chi connectivity index (χ1v) is 10.5. The van der Waals surface area contributed by atoms with Gasteiger partial charge in [-0.25, -0.2) is 0 Å². The Morgan fingerprint density at radius 3 is 1.03 bits per heavy atom. The summed E-state index contributed by atoms with van der Waals surface area (Å²) in [5.74, 6) is -3.78. The summed E-state index contributed by atoms with van der Waals surface area (Å²) < 4.78 is 193. The van der Waals surface area contributed by atoms with E-state index in [4.69, 9.17) is 0 Å². The number of nitrogens with zero attached hydrogens (tertiary/aromatic N) is 6. The molecule has 0 unspecified atom stereocenters. The van der Waals surface area contributed by atoms with Crippen LogP contribution in [0.5, 0.6) is 0 Å². The molecule has 0 aliphatic heterocycles. The molecule has 0 aliphatic rings. The molecule has 0 N–H and O–H groups in total. The van der Waals surface area contributed by atoms with Gasteiger partial charge < -0.3 is 30.4 Å². The number of hydrogen-bond acceptors (Lipinski definition) is 10. The summed E-state index contributed by atoms with van der Waals surface area (Å²) in [7, 11) is -10.3. The van der Waals surface area contributed by atoms with Crippen LogP contribution in [0.2, 0.25) is 0 Å². The average molecular weight is 658 g/mol. The van der Waals surface area contributed by atoms with Gasteiger partial charge in [-0.05, 0) is 0 Å². The molecule has 2 aromatic heterocycles. The minimum Gasteiger partial charge on any atom is -0.344 e. The molecule has 28 heteroatoms. The van der Waals surface area contributed by atoms with E-state index in [1.165, 1.54) is 0 Å². The molecular formula is C10H4F12KN6NaO6S2. The fraction of sp³-hybridized carbons (Fsp3) is 0.600. The second-order valence-electron chi connectivity index (χ2n) is 5.49. The summed E-state index contributed by atoms with van der Waals surface area (Å²) in [6, 6.07) is 0. The first kappa shape index (κ1) is 40.0. The summed E-state index contributed by atoms with van der Waals surface area (Å²) in [4.78, 5) is 4.85. The molecule has 0 radical (unpaired) electrons. The summed E-state index contributed by atoms with van der Waals surface area (Å²) >= 11 is 0. The Balaban J connectivity index is 0. The minimum absolute atomic E-state index is 0. The Hall–Kier alpha value is -0.104. The van der Waals surface area contributed by atoms with Gasteiger partial charge in [0.25, 0.3) is 0 Å². The topological polar surface area (TPSA) is 166 Å². The molecule has 0 saturated carbocycles. The van der Waals surface area contributed by atoms with Crippen LogP contribution < -0.4 is 90.9 Å². The zero-order valence-electron chi connectivity index (χ0n) is 17.9. The Kier molecular flexibility index (Phi) is 14.9. The summed E-state index contributed by atoms with van der Waals surface area (Å²) in [6.07, 6.45) is -20.1. The van der Waals surface area contributed by atoms with Crippen molar-refractivity contribution in [1.82, 2.24) is 30.4 Å². The Morgan fingerprint density at radius 2 is 0.842 bits per heavy atom. The third-order valence-corrected chi connectivity index (χ3v) is 4.67. The van der Waals surface area contributed by atoms with Crippen LogP contribution in [0.1, 0.15) is 11.6 Å². The second kappa shape index (κ2) is 14.2. The van der Waals surface area contributed by atoms with Gasteiger partial charge in [-0.3, -0.25) is 8.37 Å². The van der Waals surface area contributed by atoms with E-state index in [1.807, 2.05) is 0 Å². The van der Waals surface area contributed by atoms with E-state index in [1.54, 1.807) is 0 Å². The molecule has 0 aromatic carbocycles. The van der Waals surface area contributed by atoms with Gasteiger partial charge in [-0.2, -0.15) is 69.5 Å². The van der Waals surface area contributed by atoms with Crippen molar-refractivity contribution >= 4 is 20.2 Å². The molecule has 2 heterocycles. The number of alkyl halides is 12. The molecule has 0 fully saturated rings. The van der Waals surface area contributed by atoms with Gasteiger partial charge in [0.2, 0.25) is 0 Å².